The van der Waals surface area contributed by atoms with Crippen LogP contribution in [0, 0.1) is 0 Å². The first-order valence-electron chi connectivity index (χ1n) is 9.01. The van der Waals surface area contributed by atoms with Crippen molar-refractivity contribution >= 4 is 0 Å². The average Bonchev–Trinajstić information content (AvgIpc) is 2.64. The van der Waals surface area contributed by atoms with Crippen LogP contribution in [-0.4, -0.2) is 49.6 Å². The largest absolute Gasteiger partial charge is 0.366 e. The summed E-state index contributed by atoms with van der Waals surface area (Å²) in [6, 6.07) is 0. The van der Waals surface area contributed by atoms with Gasteiger partial charge in [0.15, 0.2) is 25.2 Å². The van der Waals surface area contributed by atoms with Crippen molar-refractivity contribution in [3.8, 4) is 0 Å². The lowest BCUT2D eigenvalue weighted by molar-refractivity contribution is -0.427. The summed E-state index contributed by atoms with van der Waals surface area (Å²) in [5.41, 5.74) is 0. The molecule has 1 rings (SSSR count). The van der Waals surface area contributed by atoms with Crippen molar-refractivity contribution in [3.63, 3.8) is 0 Å². The maximum Gasteiger partial charge on any atom is 0.191 e. The summed E-state index contributed by atoms with van der Waals surface area (Å²) >= 11 is 0. The van der Waals surface area contributed by atoms with Crippen molar-refractivity contribution in [3.05, 3.63) is 24.3 Å². The van der Waals surface area contributed by atoms with Gasteiger partial charge < -0.3 is 19.7 Å². The van der Waals surface area contributed by atoms with E-state index in [4.69, 9.17) is 29.0 Å². The van der Waals surface area contributed by atoms with E-state index in [1.165, 1.54) is 14.2 Å². The van der Waals surface area contributed by atoms with Crippen molar-refractivity contribution in [1.82, 2.24) is 0 Å². The zero-order chi connectivity index (χ0) is 19.0. The van der Waals surface area contributed by atoms with Gasteiger partial charge in [0, 0.05) is 39.9 Å². The summed E-state index contributed by atoms with van der Waals surface area (Å²) in [6.45, 7) is 0. The van der Waals surface area contributed by atoms with Gasteiger partial charge in [0.25, 0.3) is 0 Å². The molecule has 4 atom stereocenters. The number of aliphatic hydroxyl groups is 2. The van der Waals surface area contributed by atoms with Gasteiger partial charge in [0.2, 0.25) is 0 Å². The molecule has 0 aromatic carbocycles. The van der Waals surface area contributed by atoms with Crippen LogP contribution in [0.2, 0.25) is 0 Å². The SMILES string of the molecule is COC1CC/C=C\CCC(O)OOC(OC)CC/C=C\CCC(O)OO1. The Morgan fingerprint density at radius 3 is 1.31 bits per heavy atom. The van der Waals surface area contributed by atoms with Crippen molar-refractivity contribution < 1.29 is 39.2 Å². The third-order valence-electron chi connectivity index (χ3n) is 3.71. The summed E-state index contributed by atoms with van der Waals surface area (Å²) in [6.07, 6.45) is 9.34. The standard InChI is InChI=1S/C18H32O8/c1-21-17-13-9-5-3-7-12-16(20)24-26-18(22-2)14-10-6-4-8-11-15(19)23-25-17/h3-6,15-20H,7-14H2,1-2H3/b5-3-,6-4-. The minimum atomic E-state index is -1.01. The van der Waals surface area contributed by atoms with E-state index >= 15 is 0 Å². The van der Waals surface area contributed by atoms with E-state index in [2.05, 4.69) is 0 Å². The van der Waals surface area contributed by atoms with E-state index in [0.717, 1.165) is 0 Å². The fourth-order valence-electron chi connectivity index (χ4n) is 2.17. The fraction of sp³-hybridized carbons (Fsp3) is 0.778. The Labute approximate surface area is 155 Å². The number of methoxy groups -OCH3 is 2. The molecule has 0 spiro atoms. The Hall–Kier alpha value is -0.840. The second kappa shape index (κ2) is 15.2. The van der Waals surface area contributed by atoms with Crippen molar-refractivity contribution in [2.75, 3.05) is 14.2 Å². The smallest absolute Gasteiger partial charge is 0.191 e. The van der Waals surface area contributed by atoms with Gasteiger partial charge in [-0.1, -0.05) is 24.3 Å². The highest BCUT2D eigenvalue weighted by atomic mass is 17.2. The van der Waals surface area contributed by atoms with Crippen LogP contribution in [0.5, 0.6) is 0 Å². The van der Waals surface area contributed by atoms with Crippen molar-refractivity contribution in [1.29, 1.82) is 0 Å². The summed E-state index contributed by atoms with van der Waals surface area (Å²) in [5.74, 6) is 0. The molecule has 26 heavy (non-hydrogen) atoms. The third kappa shape index (κ3) is 11.7. The lowest BCUT2D eigenvalue weighted by atomic mass is 10.2. The van der Waals surface area contributed by atoms with Crippen LogP contribution in [0.1, 0.15) is 51.4 Å². The molecule has 1 aliphatic rings. The predicted molar refractivity (Wildman–Crippen MR) is 93.2 cm³/mol. The molecule has 152 valence electrons. The maximum atomic E-state index is 9.76. The Morgan fingerprint density at radius 2 is 0.962 bits per heavy atom. The molecule has 0 radical (unpaired) electrons. The number of hydrogen-bond donors (Lipinski definition) is 2. The Kier molecular flexibility index (Phi) is 13.6. The number of allylic oxidation sites excluding steroid dienone is 4. The highest BCUT2D eigenvalue weighted by molar-refractivity contribution is 4.82. The lowest BCUT2D eigenvalue weighted by Crippen LogP contribution is -2.21. The lowest BCUT2D eigenvalue weighted by Gasteiger charge is -2.17. The molecule has 4 unspecified atom stereocenters. The predicted octanol–water partition coefficient (Wildman–Crippen LogP) is 2.71. The Bertz CT molecular complexity index is 351. The number of ether oxygens (including phenoxy) is 2. The molecule has 0 aliphatic carbocycles. The molecule has 0 saturated heterocycles. The molecule has 1 aliphatic heterocycles. The van der Waals surface area contributed by atoms with Gasteiger partial charge in [0.1, 0.15) is 0 Å². The van der Waals surface area contributed by atoms with Crippen LogP contribution in [-0.2, 0) is 29.0 Å². The summed E-state index contributed by atoms with van der Waals surface area (Å²) in [7, 11) is 3.04. The van der Waals surface area contributed by atoms with Gasteiger partial charge in [-0.3, -0.25) is 0 Å². The molecule has 0 aromatic heterocycles. The normalized spacial score (nSPS) is 34.0. The fourth-order valence-corrected chi connectivity index (χ4v) is 2.17. The molecular weight excluding hydrogens is 344 g/mol. The van der Waals surface area contributed by atoms with Crippen LogP contribution in [0.4, 0.5) is 0 Å². The van der Waals surface area contributed by atoms with Crippen LogP contribution < -0.4 is 0 Å². The zero-order valence-corrected chi connectivity index (χ0v) is 15.6. The number of rotatable bonds is 2. The molecule has 0 bridgehead atoms. The summed E-state index contributed by atoms with van der Waals surface area (Å²) in [4.78, 5) is 20.1. The second-order valence-electron chi connectivity index (χ2n) is 5.88. The summed E-state index contributed by atoms with van der Waals surface area (Å²) in [5, 5.41) is 19.5. The third-order valence-corrected chi connectivity index (χ3v) is 3.71. The van der Waals surface area contributed by atoms with Gasteiger partial charge in [-0.2, -0.15) is 0 Å². The monoisotopic (exact) mass is 376 g/mol. The first-order chi connectivity index (χ1) is 12.7. The maximum absolute atomic E-state index is 9.76. The van der Waals surface area contributed by atoms with Gasteiger partial charge >= 0.3 is 0 Å². The van der Waals surface area contributed by atoms with Crippen LogP contribution in [0.3, 0.4) is 0 Å². The van der Waals surface area contributed by atoms with Crippen LogP contribution in [0.25, 0.3) is 0 Å². The van der Waals surface area contributed by atoms with Crippen LogP contribution in [0.15, 0.2) is 24.3 Å². The van der Waals surface area contributed by atoms with E-state index in [-0.39, 0.29) is 0 Å². The van der Waals surface area contributed by atoms with Gasteiger partial charge in [0.05, 0.1) is 0 Å². The minimum absolute atomic E-state index is 0.409. The number of hydrogen-bond acceptors (Lipinski definition) is 8. The molecule has 0 amide bonds. The van der Waals surface area contributed by atoms with E-state index in [1.54, 1.807) is 0 Å². The molecular formula is C18H32O8. The second-order valence-corrected chi connectivity index (χ2v) is 5.88. The quantitative estimate of drug-likeness (QED) is 0.561. The molecule has 1 heterocycles. The highest BCUT2D eigenvalue weighted by Gasteiger charge is 2.13. The van der Waals surface area contributed by atoms with Crippen molar-refractivity contribution in [2.45, 2.75) is 76.5 Å². The summed E-state index contributed by atoms with van der Waals surface area (Å²) < 4.78 is 10.3. The molecule has 0 aromatic rings. The minimum Gasteiger partial charge on any atom is -0.366 e. The van der Waals surface area contributed by atoms with E-state index in [0.29, 0.717) is 51.4 Å². The molecule has 8 heteroatoms. The zero-order valence-electron chi connectivity index (χ0n) is 15.6. The Morgan fingerprint density at radius 1 is 0.615 bits per heavy atom. The molecule has 2 N–H and O–H groups in total. The number of aliphatic hydroxyl groups excluding tert-OH is 2. The van der Waals surface area contributed by atoms with Gasteiger partial charge in [-0.15, -0.1) is 0 Å². The highest BCUT2D eigenvalue weighted by Crippen LogP contribution is 2.12. The van der Waals surface area contributed by atoms with Crippen LogP contribution >= 0.6 is 0 Å². The average molecular weight is 376 g/mol. The first kappa shape index (κ1) is 23.2. The van der Waals surface area contributed by atoms with E-state index in [1.807, 2.05) is 24.3 Å². The van der Waals surface area contributed by atoms with Crippen molar-refractivity contribution in [2.24, 2.45) is 0 Å². The van der Waals surface area contributed by atoms with E-state index < -0.39 is 25.2 Å². The molecule has 0 saturated carbocycles. The topological polar surface area (TPSA) is 95.8 Å². The molecule has 8 nitrogen and oxygen atoms in total. The Balaban J connectivity index is 2.50. The van der Waals surface area contributed by atoms with Gasteiger partial charge in [-0.25, -0.2) is 19.6 Å². The first-order valence-corrected chi connectivity index (χ1v) is 9.01. The van der Waals surface area contributed by atoms with E-state index in [9.17, 15) is 10.2 Å². The van der Waals surface area contributed by atoms with Gasteiger partial charge in [-0.05, 0) is 25.7 Å². The molecule has 0 fully saturated rings.